The molecule has 0 aliphatic rings. The molecule has 1 amide bonds. The first kappa shape index (κ1) is 21.7. The van der Waals surface area contributed by atoms with E-state index in [0.29, 0.717) is 11.3 Å². The van der Waals surface area contributed by atoms with Gasteiger partial charge in [-0.1, -0.05) is 26.0 Å². The number of benzene rings is 1. The van der Waals surface area contributed by atoms with E-state index in [4.69, 9.17) is 0 Å². The van der Waals surface area contributed by atoms with Crippen molar-refractivity contribution in [2.75, 3.05) is 5.32 Å². The minimum Gasteiger partial charge on any atom is -0.480 e. The number of carbonyl (C=O) groups excluding carboxylic acids is 1. The summed E-state index contributed by atoms with van der Waals surface area (Å²) >= 11 is 0.837. The summed E-state index contributed by atoms with van der Waals surface area (Å²) in [6, 6.07) is 5.55. The standard InChI is InChI=1S/C18H20F3N3O3S/c1-9(2)14(16(26)27)24-15(25)10(3)11-4-6-12(7-5-11)22-17-23-13(8-28-17)18(19,20)21/h4-10,14H,1-3H3,(H,22,23)(H,24,25)(H,26,27)/t10-,14-/m0/s1. The van der Waals surface area contributed by atoms with Gasteiger partial charge >= 0.3 is 12.1 Å². The number of halogens is 3. The van der Waals surface area contributed by atoms with Gasteiger partial charge in [-0.15, -0.1) is 11.3 Å². The molecule has 0 unspecified atom stereocenters. The fraction of sp³-hybridized carbons (Fsp3) is 0.389. The molecule has 0 spiro atoms. The Hall–Kier alpha value is -2.62. The van der Waals surface area contributed by atoms with Gasteiger partial charge < -0.3 is 15.7 Å². The molecule has 152 valence electrons. The van der Waals surface area contributed by atoms with Gasteiger partial charge in [0.1, 0.15) is 6.04 Å². The van der Waals surface area contributed by atoms with Crippen LogP contribution in [0.4, 0.5) is 24.0 Å². The lowest BCUT2D eigenvalue weighted by Crippen LogP contribution is -2.45. The van der Waals surface area contributed by atoms with Crippen LogP contribution in [0.3, 0.4) is 0 Å². The number of rotatable bonds is 7. The van der Waals surface area contributed by atoms with Crippen LogP contribution in [-0.4, -0.2) is 28.0 Å². The van der Waals surface area contributed by atoms with Gasteiger partial charge in [-0.3, -0.25) is 4.79 Å². The van der Waals surface area contributed by atoms with E-state index in [1.807, 2.05) is 0 Å². The number of aromatic nitrogens is 1. The summed E-state index contributed by atoms with van der Waals surface area (Å²) in [6.07, 6.45) is -4.49. The zero-order chi connectivity index (χ0) is 21.1. The third-order valence-electron chi connectivity index (χ3n) is 4.08. The molecule has 6 nitrogen and oxygen atoms in total. The smallest absolute Gasteiger partial charge is 0.434 e. The van der Waals surface area contributed by atoms with Crippen LogP contribution >= 0.6 is 11.3 Å². The molecule has 0 bridgehead atoms. The first-order valence-electron chi connectivity index (χ1n) is 8.42. The predicted molar refractivity (Wildman–Crippen MR) is 99.7 cm³/mol. The molecule has 2 rings (SSSR count). The van der Waals surface area contributed by atoms with Gasteiger partial charge in [0.2, 0.25) is 5.91 Å². The number of alkyl halides is 3. The van der Waals surface area contributed by atoms with Crippen molar-refractivity contribution in [2.24, 2.45) is 5.92 Å². The van der Waals surface area contributed by atoms with E-state index in [1.165, 1.54) is 0 Å². The van der Waals surface area contributed by atoms with Gasteiger partial charge in [0.05, 0.1) is 5.92 Å². The number of hydrogen-bond acceptors (Lipinski definition) is 5. The lowest BCUT2D eigenvalue weighted by molar-refractivity contribution is -0.143. The Morgan fingerprint density at radius 2 is 1.75 bits per heavy atom. The highest BCUT2D eigenvalue weighted by Crippen LogP contribution is 2.32. The molecule has 0 saturated heterocycles. The molecule has 28 heavy (non-hydrogen) atoms. The number of anilines is 2. The van der Waals surface area contributed by atoms with Crippen molar-refractivity contribution in [2.45, 2.75) is 38.9 Å². The lowest BCUT2D eigenvalue weighted by Gasteiger charge is -2.20. The Balaban J connectivity index is 2.04. The van der Waals surface area contributed by atoms with Gasteiger partial charge in [-0.25, -0.2) is 9.78 Å². The number of hydrogen-bond donors (Lipinski definition) is 3. The first-order valence-corrected chi connectivity index (χ1v) is 9.30. The summed E-state index contributed by atoms with van der Waals surface area (Å²) in [7, 11) is 0. The molecular weight excluding hydrogens is 395 g/mol. The monoisotopic (exact) mass is 415 g/mol. The zero-order valence-corrected chi connectivity index (χ0v) is 16.2. The molecule has 3 N–H and O–H groups in total. The molecule has 2 aromatic rings. The van der Waals surface area contributed by atoms with Gasteiger partial charge in [-0.05, 0) is 30.5 Å². The molecule has 0 saturated carbocycles. The number of carbonyl (C=O) groups is 2. The van der Waals surface area contributed by atoms with Crippen LogP contribution < -0.4 is 10.6 Å². The number of thiazole rings is 1. The lowest BCUT2D eigenvalue weighted by atomic mass is 9.98. The minimum atomic E-state index is -4.49. The van der Waals surface area contributed by atoms with Crippen molar-refractivity contribution in [3.63, 3.8) is 0 Å². The van der Waals surface area contributed by atoms with Gasteiger partial charge in [0.25, 0.3) is 0 Å². The largest absolute Gasteiger partial charge is 0.480 e. The summed E-state index contributed by atoms with van der Waals surface area (Å²) in [4.78, 5) is 27.0. The van der Waals surface area contributed by atoms with E-state index < -0.39 is 35.7 Å². The van der Waals surface area contributed by atoms with Crippen LogP contribution in [0.5, 0.6) is 0 Å². The van der Waals surface area contributed by atoms with E-state index in [-0.39, 0.29) is 11.0 Å². The topological polar surface area (TPSA) is 91.3 Å². The Labute approximate surface area is 163 Å². The molecule has 1 heterocycles. The molecule has 0 aliphatic carbocycles. The number of carboxylic acids is 1. The van der Waals surface area contributed by atoms with Crippen molar-refractivity contribution in [1.29, 1.82) is 0 Å². The quantitative estimate of drug-likeness (QED) is 0.629. The fourth-order valence-corrected chi connectivity index (χ4v) is 3.12. The first-order chi connectivity index (χ1) is 13.0. The van der Waals surface area contributed by atoms with E-state index in [0.717, 1.165) is 16.7 Å². The Bertz CT molecular complexity index is 835. The maximum atomic E-state index is 12.6. The Kier molecular flexibility index (Phi) is 6.65. The van der Waals surface area contributed by atoms with Crippen molar-refractivity contribution >= 4 is 34.0 Å². The van der Waals surface area contributed by atoms with Gasteiger partial charge in [0.15, 0.2) is 10.8 Å². The van der Waals surface area contributed by atoms with Crippen molar-refractivity contribution in [3.05, 3.63) is 40.9 Å². The van der Waals surface area contributed by atoms with Crippen LogP contribution in [0, 0.1) is 5.92 Å². The highest BCUT2D eigenvalue weighted by Gasteiger charge is 2.33. The molecule has 0 aliphatic heterocycles. The molecule has 0 radical (unpaired) electrons. The van der Waals surface area contributed by atoms with Crippen LogP contribution in [0.25, 0.3) is 0 Å². The van der Waals surface area contributed by atoms with Crippen LogP contribution in [0.15, 0.2) is 29.6 Å². The highest BCUT2D eigenvalue weighted by atomic mass is 32.1. The van der Waals surface area contributed by atoms with E-state index in [9.17, 15) is 27.9 Å². The van der Waals surface area contributed by atoms with Crippen LogP contribution in [-0.2, 0) is 15.8 Å². The number of aliphatic carboxylic acids is 1. The van der Waals surface area contributed by atoms with E-state index in [1.54, 1.807) is 45.0 Å². The van der Waals surface area contributed by atoms with Gasteiger partial charge in [0, 0.05) is 11.1 Å². The third kappa shape index (κ3) is 5.44. The third-order valence-corrected chi connectivity index (χ3v) is 4.84. The summed E-state index contributed by atoms with van der Waals surface area (Å²) in [5.41, 5.74) is 0.205. The van der Waals surface area contributed by atoms with Crippen molar-refractivity contribution < 1.29 is 27.9 Å². The molecule has 1 aromatic heterocycles. The van der Waals surface area contributed by atoms with Crippen LogP contribution in [0.2, 0.25) is 0 Å². The number of nitrogens with one attached hydrogen (secondary N) is 2. The Morgan fingerprint density at radius 3 is 2.21 bits per heavy atom. The normalized spacial score (nSPS) is 13.8. The average Bonchev–Trinajstić information content (AvgIpc) is 3.07. The van der Waals surface area contributed by atoms with E-state index >= 15 is 0 Å². The number of amides is 1. The maximum absolute atomic E-state index is 12.6. The second kappa shape index (κ2) is 8.59. The molecule has 0 fully saturated rings. The van der Waals surface area contributed by atoms with Crippen LogP contribution in [0.1, 0.15) is 37.9 Å². The second-order valence-corrected chi connectivity index (χ2v) is 7.43. The van der Waals surface area contributed by atoms with E-state index in [2.05, 4.69) is 15.6 Å². The molecular formula is C18H20F3N3O3S. The molecule has 10 heteroatoms. The predicted octanol–water partition coefficient (Wildman–Crippen LogP) is 4.23. The zero-order valence-electron chi connectivity index (χ0n) is 15.4. The molecule has 1 aromatic carbocycles. The highest BCUT2D eigenvalue weighted by molar-refractivity contribution is 7.13. The average molecular weight is 415 g/mol. The number of carboxylic acid groups (broad SMARTS) is 1. The second-order valence-electron chi connectivity index (χ2n) is 6.57. The fourth-order valence-electron chi connectivity index (χ4n) is 2.38. The SMILES string of the molecule is CC(C)[C@H](NC(=O)[C@@H](C)c1ccc(Nc2nc(C(F)(F)F)cs2)cc1)C(=O)O. The number of nitrogens with zero attached hydrogens (tertiary/aromatic N) is 1. The minimum absolute atomic E-state index is 0.104. The summed E-state index contributed by atoms with van der Waals surface area (Å²) in [5.74, 6) is -2.38. The summed E-state index contributed by atoms with van der Waals surface area (Å²) in [5, 5.41) is 15.5. The van der Waals surface area contributed by atoms with Gasteiger partial charge in [-0.2, -0.15) is 13.2 Å². The summed E-state index contributed by atoms with van der Waals surface area (Å²) in [6.45, 7) is 5.05. The Morgan fingerprint density at radius 1 is 1.14 bits per heavy atom. The van der Waals surface area contributed by atoms with Crippen molar-refractivity contribution in [1.82, 2.24) is 10.3 Å². The maximum Gasteiger partial charge on any atom is 0.434 e. The molecule has 2 atom stereocenters. The van der Waals surface area contributed by atoms with Crippen molar-refractivity contribution in [3.8, 4) is 0 Å². The summed E-state index contributed by atoms with van der Waals surface area (Å²) < 4.78 is 37.8.